The summed E-state index contributed by atoms with van der Waals surface area (Å²) in [6, 6.07) is 8.37. The van der Waals surface area contributed by atoms with Crippen LogP contribution in [0.15, 0.2) is 24.3 Å². The molecule has 72 valence electrons. The van der Waals surface area contributed by atoms with Crippen molar-refractivity contribution < 1.29 is 0 Å². The first kappa shape index (κ1) is 9.15. The van der Waals surface area contributed by atoms with Gasteiger partial charge in [-0.25, -0.2) is 0 Å². The van der Waals surface area contributed by atoms with Gasteiger partial charge in [-0.15, -0.1) is 10.2 Å². The van der Waals surface area contributed by atoms with Crippen LogP contribution in [-0.4, -0.2) is 10.2 Å². The fourth-order valence-corrected chi connectivity index (χ4v) is 1.98. The molecule has 2 aromatic rings. The van der Waals surface area contributed by atoms with E-state index in [-0.39, 0.29) is 0 Å². The first-order valence-corrected chi connectivity index (χ1v) is 5.19. The fraction of sp³-hybridized carbons (Fsp3) is 0.200. The zero-order valence-electron chi connectivity index (χ0n) is 7.90. The molecule has 0 aliphatic rings. The van der Waals surface area contributed by atoms with E-state index < -0.39 is 0 Å². The lowest BCUT2D eigenvalue weighted by atomic mass is 10.1. The number of nitrogen functional groups attached to an aromatic ring is 1. The second kappa shape index (κ2) is 3.75. The van der Waals surface area contributed by atoms with E-state index in [0.29, 0.717) is 5.13 Å². The molecular weight excluding hydrogens is 194 g/mol. The Hall–Kier alpha value is -1.42. The molecule has 0 aliphatic heterocycles. The van der Waals surface area contributed by atoms with Gasteiger partial charge in [-0.1, -0.05) is 41.2 Å². The minimum atomic E-state index is 0.535. The Kier molecular flexibility index (Phi) is 2.45. The third kappa shape index (κ3) is 2.09. The molecule has 1 heterocycles. The van der Waals surface area contributed by atoms with Crippen molar-refractivity contribution in [1.82, 2.24) is 10.2 Å². The van der Waals surface area contributed by atoms with Crippen LogP contribution < -0.4 is 5.73 Å². The average Bonchev–Trinajstić information content (AvgIpc) is 2.51. The number of hydrogen-bond acceptors (Lipinski definition) is 4. The highest BCUT2D eigenvalue weighted by molar-refractivity contribution is 7.15. The molecule has 0 unspecified atom stereocenters. The summed E-state index contributed by atoms with van der Waals surface area (Å²) in [5, 5.41) is 9.27. The number of hydrogen-bond donors (Lipinski definition) is 1. The summed E-state index contributed by atoms with van der Waals surface area (Å²) in [5.74, 6) is 0. The topological polar surface area (TPSA) is 51.8 Å². The van der Waals surface area contributed by atoms with Crippen LogP contribution in [0, 0.1) is 6.92 Å². The van der Waals surface area contributed by atoms with Gasteiger partial charge in [0.25, 0.3) is 0 Å². The highest BCUT2D eigenvalue weighted by atomic mass is 32.1. The van der Waals surface area contributed by atoms with Gasteiger partial charge < -0.3 is 5.73 Å². The Morgan fingerprint density at radius 3 is 2.86 bits per heavy atom. The molecule has 0 saturated heterocycles. The van der Waals surface area contributed by atoms with Crippen molar-refractivity contribution in [1.29, 1.82) is 0 Å². The maximum absolute atomic E-state index is 5.51. The van der Waals surface area contributed by atoms with E-state index >= 15 is 0 Å². The van der Waals surface area contributed by atoms with Crippen LogP contribution >= 0.6 is 11.3 Å². The van der Waals surface area contributed by atoms with Crippen molar-refractivity contribution in [2.75, 3.05) is 5.73 Å². The highest BCUT2D eigenvalue weighted by Crippen LogP contribution is 2.16. The van der Waals surface area contributed by atoms with E-state index in [9.17, 15) is 0 Å². The van der Waals surface area contributed by atoms with Gasteiger partial charge in [-0.2, -0.15) is 0 Å². The van der Waals surface area contributed by atoms with E-state index in [1.165, 1.54) is 22.5 Å². The Bertz CT molecular complexity index is 436. The first-order chi connectivity index (χ1) is 6.74. The number of aryl methyl sites for hydroxylation is 1. The molecule has 2 rings (SSSR count). The first-order valence-electron chi connectivity index (χ1n) is 4.37. The molecule has 0 fully saturated rings. The van der Waals surface area contributed by atoms with Crippen LogP contribution in [0.2, 0.25) is 0 Å². The van der Waals surface area contributed by atoms with Crippen LogP contribution in [0.4, 0.5) is 5.13 Å². The summed E-state index contributed by atoms with van der Waals surface area (Å²) < 4.78 is 0. The molecule has 0 saturated carbocycles. The zero-order chi connectivity index (χ0) is 9.97. The average molecular weight is 205 g/mol. The summed E-state index contributed by atoms with van der Waals surface area (Å²) in [6.07, 6.45) is 0.816. The van der Waals surface area contributed by atoms with Crippen LogP contribution in [0.1, 0.15) is 16.1 Å². The minimum Gasteiger partial charge on any atom is -0.374 e. The number of nitrogens with two attached hydrogens (primary N) is 1. The molecule has 4 heteroatoms. The predicted octanol–water partition coefficient (Wildman–Crippen LogP) is 2.02. The maximum Gasteiger partial charge on any atom is 0.203 e. The molecule has 0 amide bonds. The quantitative estimate of drug-likeness (QED) is 0.816. The lowest BCUT2D eigenvalue weighted by Crippen LogP contribution is -1.87. The normalized spacial score (nSPS) is 10.4. The lowest BCUT2D eigenvalue weighted by molar-refractivity contribution is 1.01. The third-order valence-electron chi connectivity index (χ3n) is 1.92. The van der Waals surface area contributed by atoms with Gasteiger partial charge in [0.05, 0.1) is 0 Å². The van der Waals surface area contributed by atoms with Crippen LogP contribution in [0.3, 0.4) is 0 Å². The van der Waals surface area contributed by atoms with Crippen molar-refractivity contribution in [3.8, 4) is 0 Å². The monoisotopic (exact) mass is 205 g/mol. The van der Waals surface area contributed by atoms with Crippen molar-refractivity contribution in [2.24, 2.45) is 0 Å². The Balaban J connectivity index is 2.18. The van der Waals surface area contributed by atoms with Gasteiger partial charge in [0.1, 0.15) is 5.01 Å². The molecule has 0 atom stereocenters. The number of nitrogens with zero attached hydrogens (tertiary/aromatic N) is 2. The summed E-state index contributed by atoms with van der Waals surface area (Å²) in [5.41, 5.74) is 8.02. The van der Waals surface area contributed by atoms with E-state index in [4.69, 9.17) is 5.73 Å². The van der Waals surface area contributed by atoms with E-state index in [2.05, 4.69) is 41.4 Å². The van der Waals surface area contributed by atoms with Gasteiger partial charge in [0.15, 0.2) is 0 Å². The zero-order valence-corrected chi connectivity index (χ0v) is 8.71. The van der Waals surface area contributed by atoms with Crippen LogP contribution in [-0.2, 0) is 6.42 Å². The van der Waals surface area contributed by atoms with Crippen molar-refractivity contribution >= 4 is 16.5 Å². The number of aromatic nitrogens is 2. The second-order valence-electron chi connectivity index (χ2n) is 3.20. The van der Waals surface area contributed by atoms with E-state index in [0.717, 1.165) is 11.4 Å². The molecule has 2 N–H and O–H groups in total. The molecule has 0 bridgehead atoms. The molecule has 1 aromatic carbocycles. The van der Waals surface area contributed by atoms with E-state index in [1.807, 2.05) is 0 Å². The fourth-order valence-electron chi connectivity index (χ4n) is 1.33. The van der Waals surface area contributed by atoms with E-state index in [1.54, 1.807) is 0 Å². The number of rotatable bonds is 2. The second-order valence-corrected chi connectivity index (χ2v) is 4.29. The van der Waals surface area contributed by atoms with Gasteiger partial charge in [-0.3, -0.25) is 0 Å². The lowest BCUT2D eigenvalue weighted by Gasteiger charge is -1.98. The smallest absolute Gasteiger partial charge is 0.203 e. The molecular formula is C10H11N3S. The molecule has 0 radical (unpaired) electrons. The van der Waals surface area contributed by atoms with Crippen LogP contribution in [0.25, 0.3) is 0 Å². The Morgan fingerprint density at radius 2 is 2.21 bits per heavy atom. The summed E-state index contributed by atoms with van der Waals surface area (Å²) >= 11 is 1.44. The number of benzene rings is 1. The van der Waals surface area contributed by atoms with Crippen molar-refractivity contribution in [3.05, 3.63) is 40.4 Å². The molecule has 1 aromatic heterocycles. The van der Waals surface area contributed by atoms with Crippen molar-refractivity contribution in [2.45, 2.75) is 13.3 Å². The van der Waals surface area contributed by atoms with Gasteiger partial charge in [0, 0.05) is 6.42 Å². The molecule has 14 heavy (non-hydrogen) atoms. The summed E-state index contributed by atoms with van der Waals surface area (Å²) in [4.78, 5) is 0. The minimum absolute atomic E-state index is 0.535. The molecule has 0 spiro atoms. The van der Waals surface area contributed by atoms with Gasteiger partial charge in [0.2, 0.25) is 5.13 Å². The van der Waals surface area contributed by atoms with Crippen molar-refractivity contribution in [3.63, 3.8) is 0 Å². The Morgan fingerprint density at radius 1 is 1.36 bits per heavy atom. The summed E-state index contributed by atoms with van der Waals surface area (Å²) in [6.45, 7) is 2.08. The predicted molar refractivity (Wildman–Crippen MR) is 58.3 cm³/mol. The van der Waals surface area contributed by atoms with Crippen LogP contribution in [0.5, 0.6) is 0 Å². The SMILES string of the molecule is Cc1cccc(Cc2nnc(N)s2)c1. The number of anilines is 1. The van der Waals surface area contributed by atoms with Gasteiger partial charge in [-0.05, 0) is 12.5 Å². The summed E-state index contributed by atoms with van der Waals surface area (Å²) in [7, 11) is 0. The third-order valence-corrected chi connectivity index (χ3v) is 2.67. The molecule has 3 nitrogen and oxygen atoms in total. The maximum atomic E-state index is 5.51. The largest absolute Gasteiger partial charge is 0.374 e. The Labute approximate surface area is 86.6 Å². The van der Waals surface area contributed by atoms with Gasteiger partial charge >= 0.3 is 0 Å². The highest BCUT2D eigenvalue weighted by Gasteiger charge is 2.02. The standard InChI is InChI=1S/C10H11N3S/c1-7-3-2-4-8(5-7)6-9-12-13-10(11)14-9/h2-5H,6H2,1H3,(H2,11,13). The molecule has 0 aliphatic carbocycles.